The van der Waals surface area contributed by atoms with Gasteiger partial charge in [0.25, 0.3) is 0 Å². The average molecular weight is 401 g/mol. The molecule has 0 amide bonds. The molecule has 3 aromatic rings. The first-order chi connectivity index (χ1) is 14.2. The van der Waals surface area contributed by atoms with Gasteiger partial charge in [-0.1, -0.05) is 78.9 Å². The Kier molecular flexibility index (Phi) is 6.99. The Labute approximate surface area is 175 Å². The van der Waals surface area contributed by atoms with E-state index in [0.29, 0.717) is 24.7 Å². The van der Waals surface area contributed by atoms with Crippen molar-refractivity contribution < 1.29 is 9.47 Å². The number of rotatable bonds is 8. The zero-order valence-corrected chi connectivity index (χ0v) is 16.6. The van der Waals surface area contributed by atoms with Crippen LogP contribution in [0.15, 0.2) is 84.4 Å². The van der Waals surface area contributed by atoms with Crippen molar-refractivity contribution in [3.8, 4) is 17.6 Å². The lowest BCUT2D eigenvalue weighted by Gasteiger charge is -2.14. The van der Waals surface area contributed by atoms with Crippen LogP contribution in [0.2, 0.25) is 0 Å². The maximum Gasteiger partial charge on any atom is 0.162 e. The molecule has 0 fully saturated rings. The Morgan fingerprint density at radius 2 is 1.41 bits per heavy atom. The third-order valence-corrected chi connectivity index (χ3v) is 4.36. The van der Waals surface area contributed by atoms with Gasteiger partial charge in [-0.3, -0.25) is 0 Å². The molecule has 0 radical (unpaired) electrons. The van der Waals surface area contributed by atoms with Gasteiger partial charge in [-0.25, -0.2) is 0 Å². The van der Waals surface area contributed by atoms with E-state index >= 15 is 0 Å². The molecule has 0 aromatic heterocycles. The molecule has 3 rings (SSSR count). The summed E-state index contributed by atoms with van der Waals surface area (Å²) < 4.78 is 12.0. The van der Waals surface area contributed by atoms with Crippen LogP contribution >= 0.6 is 12.2 Å². The maximum absolute atomic E-state index is 9.20. The highest BCUT2D eigenvalue weighted by Crippen LogP contribution is 2.31. The summed E-state index contributed by atoms with van der Waals surface area (Å²) in [6.07, 6.45) is 1.64. The van der Waals surface area contributed by atoms with E-state index in [-0.39, 0.29) is 10.6 Å². The van der Waals surface area contributed by atoms with Gasteiger partial charge in [-0.15, -0.1) is 0 Å². The lowest BCUT2D eigenvalue weighted by atomic mass is 10.1. The number of nitriles is 1. The Morgan fingerprint density at radius 1 is 0.862 bits per heavy atom. The highest BCUT2D eigenvalue weighted by Gasteiger charge is 2.09. The fraction of sp³-hybridized carbons (Fsp3) is 0.0833. The fourth-order valence-electron chi connectivity index (χ4n) is 2.64. The van der Waals surface area contributed by atoms with E-state index in [1.165, 1.54) is 0 Å². The lowest BCUT2D eigenvalue weighted by molar-refractivity contribution is 0.256. The van der Waals surface area contributed by atoms with Crippen LogP contribution in [0.3, 0.4) is 0 Å². The molecule has 0 saturated carbocycles. The van der Waals surface area contributed by atoms with E-state index in [2.05, 4.69) is 0 Å². The second-order valence-electron chi connectivity index (χ2n) is 6.29. The van der Waals surface area contributed by atoms with Crippen molar-refractivity contribution in [2.24, 2.45) is 5.73 Å². The standard InChI is InChI=1S/C24H20N2O2S/c25-15-21(24(26)29)13-20-11-12-22(27-16-18-7-3-1-4-8-18)23(14-20)28-17-19-9-5-2-6-10-19/h1-14H,16-17H2,(H2,26,29)/b21-13-. The van der Waals surface area contributed by atoms with Crippen LogP contribution < -0.4 is 15.2 Å². The van der Waals surface area contributed by atoms with Gasteiger partial charge >= 0.3 is 0 Å². The number of hydrogen-bond acceptors (Lipinski definition) is 4. The molecule has 5 heteroatoms. The predicted octanol–water partition coefficient (Wildman–Crippen LogP) is 5.04. The van der Waals surface area contributed by atoms with E-state index in [1.54, 1.807) is 6.08 Å². The zero-order valence-electron chi connectivity index (χ0n) is 15.7. The summed E-state index contributed by atoms with van der Waals surface area (Å²) in [5.74, 6) is 1.20. The molecule has 0 unspecified atom stereocenters. The number of thiocarbonyl (C=S) groups is 1. The first-order valence-corrected chi connectivity index (χ1v) is 9.45. The monoisotopic (exact) mass is 400 g/mol. The second kappa shape index (κ2) is 10.1. The first-order valence-electron chi connectivity index (χ1n) is 9.05. The van der Waals surface area contributed by atoms with Crippen molar-refractivity contribution >= 4 is 23.3 Å². The molecular weight excluding hydrogens is 380 g/mol. The number of nitrogens with two attached hydrogens (primary N) is 1. The van der Waals surface area contributed by atoms with Gasteiger partial charge < -0.3 is 15.2 Å². The van der Waals surface area contributed by atoms with E-state index in [1.807, 2.05) is 84.9 Å². The molecule has 29 heavy (non-hydrogen) atoms. The van der Waals surface area contributed by atoms with Crippen LogP contribution in [0.4, 0.5) is 0 Å². The number of hydrogen-bond donors (Lipinski definition) is 1. The SMILES string of the molecule is N#C/C(=C/c1ccc(OCc2ccccc2)c(OCc2ccccc2)c1)C(N)=S. The van der Waals surface area contributed by atoms with Crippen LogP contribution in [0.1, 0.15) is 16.7 Å². The molecule has 0 aliphatic heterocycles. The van der Waals surface area contributed by atoms with Gasteiger partial charge in [-0.05, 0) is 34.9 Å². The molecule has 0 aliphatic rings. The van der Waals surface area contributed by atoms with Crippen LogP contribution in [0.5, 0.6) is 11.5 Å². The third kappa shape index (κ3) is 5.93. The summed E-state index contributed by atoms with van der Waals surface area (Å²) in [5, 5.41) is 9.20. The second-order valence-corrected chi connectivity index (χ2v) is 6.73. The van der Waals surface area contributed by atoms with Crippen molar-refractivity contribution in [3.63, 3.8) is 0 Å². The minimum atomic E-state index is 0.0589. The van der Waals surface area contributed by atoms with Crippen molar-refractivity contribution in [2.75, 3.05) is 0 Å². The molecule has 0 spiro atoms. The summed E-state index contributed by atoms with van der Waals surface area (Å²) in [4.78, 5) is 0.0589. The Balaban J connectivity index is 1.85. The molecule has 0 atom stereocenters. The third-order valence-electron chi connectivity index (χ3n) is 4.14. The quantitative estimate of drug-likeness (QED) is 0.326. The van der Waals surface area contributed by atoms with Crippen LogP contribution in [0.25, 0.3) is 6.08 Å². The molecular formula is C24H20N2O2S. The Morgan fingerprint density at radius 3 is 1.93 bits per heavy atom. The summed E-state index contributed by atoms with van der Waals surface area (Å²) >= 11 is 4.92. The van der Waals surface area contributed by atoms with Gasteiger partial charge in [0.05, 0.1) is 5.57 Å². The van der Waals surface area contributed by atoms with Crippen LogP contribution in [-0.2, 0) is 13.2 Å². The minimum Gasteiger partial charge on any atom is -0.485 e. The van der Waals surface area contributed by atoms with Crippen molar-refractivity contribution in [1.82, 2.24) is 0 Å². The van der Waals surface area contributed by atoms with Gasteiger partial charge in [0.1, 0.15) is 24.3 Å². The van der Waals surface area contributed by atoms with E-state index in [0.717, 1.165) is 16.7 Å². The van der Waals surface area contributed by atoms with E-state index in [4.69, 9.17) is 27.4 Å². The molecule has 0 aliphatic carbocycles. The molecule has 4 nitrogen and oxygen atoms in total. The number of benzene rings is 3. The van der Waals surface area contributed by atoms with Gasteiger partial charge in [0.2, 0.25) is 0 Å². The largest absolute Gasteiger partial charge is 0.485 e. The molecule has 0 bridgehead atoms. The summed E-state index contributed by atoms with van der Waals surface area (Å²) in [5.41, 5.74) is 8.70. The maximum atomic E-state index is 9.20. The predicted molar refractivity (Wildman–Crippen MR) is 118 cm³/mol. The van der Waals surface area contributed by atoms with Crippen molar-refractivity contribution in [2.45, 2.75) is 13.2 Å². The van der Waals surface area contributed by atoms with Gasteiger partial charge in [-0.2, -0.15) is 5.26 Å². The normalized spacial score (nSPS) is 10.8. The van der Waals surface area contributed by atoms with Gasteiger partial charge in [0.15, 0.2) is 11.5 Å². The lowest BCUT2D eigenvalue weighted by Crippen LogP contribution is -2.09. The van der Waals surface area contributed by atoms with E-state index in [9.17, 15) is 5.26 Å². The Bertz CT molecular complexity index is 1040. The topological polar surface area (TPSA) is 68.3 Å². The molecule has 0 saturated heterocycles. The summed E-state index contributed by atoms with van der Waals surface area (Å²) in [6.45, 7) is 0.824. The Hall–Kier alpha value is -3.62. The number of nitrogens with zero attached hydrogens (tertiary/aromatic N) is 1. The number of ether oxygens (including phenoxy) is 2. The summed E-state index contributed by atoms with van der Waals surface area (Å²) in [7, 11) is 0. The molecule has 0 heterocycles. The highest BCUT2D eigenvalue weighted by atomic mass is 32.1. The molecule has 144 valence electrons. The molecule has 2 N–H and O–H groups in total. The van der Waals surface area contributed by atoms with Crippen LogP contribution in [-0.4, -0.2) is 4.99 Å². The minimum absolute atomic E-state index is 0.0589. The summed E-state index contributed by atoms with van der Waals surface area (Å²) in [6, 6.07) is 27.3. The zero-order chi connectivity index (χ0) is 20.5. The van der Waals surface area contributed by atoms with Crippen molar-refractivity contribution in [3.05, 3.63) is 101 Å². The fourth-order valence-corrected chi connectivity index (χ4v) is 2.75. The van der Waals surface area contributed by atoms with Gasteiger partial charge in [0, 0.05) is 0 Å². The molecule has 3 aromatic carbocycles. The smallest absolute Gasteiger partial charge is 0.162 e. The average Bonchev–Trinajstić information content (AvgIpc) is 2.76. The highest BCUT2D eigenvalue weighted by molar-refractivity contribution is 7.80. The van der Waals surface area contributed by atoms with Crippen molar-refractivity contribution in [1.29, 1.82) is 5.26 Å². The van der Waals surface area contributed by atoms with E-state index < -0.39 is 0 Å². The first kappa shape index (κ1) is 20.1. The van der Waals surface area contributed by atoms with Crippen LogP contribution in [0, 0.1) is 11.3 Å².